The lowest BCUT2D eigenvalue weighted by Crippen LogP contribution is -2.16. The van der Waals surface area contributed by atoms with Gasteiger partial charge in [0.1, 0.15) is 0 Å². The lowest BCUT2D eigenvalue weighted by Gasteiger charge is -2.07. The summed E-state index contributed by atoms with van der Waals surface area (Å²) in [7, 11) is 0. The van der Waals surface area contributed by atoms with Crippen molar-refractivity contribution in [2.45, 2.75) is 6.42 Å². The van der Waals surface area contributed by atoms with Gasteiger partial charge in [-0.1, -0.05) is 23.5 Å². The smallest absolute Gasteiger partial charge is 0.183 e. The Hall–Kier alpha value is -1.13. The van der Waals surface area contributed by atoms with Crippen LogP contribution in [0.2, 0.25) is 0 Å². The third-order valence-electron chi connectivity index (χ3n) is 3.00. The third kappa shape index (κ3) is 2.03. The summed E-state index contributed by atoms with van der Waals surface area (Å²) in [6, 6.07) is 8.28. The molecule has 3 rings (SSSR count). The molecule has 2 heterocycles. The number of nitrogens with one attached hydrogen (secondary N) is 2. The highest BCUT2D eigenvalue weighted by atomic mass is 32.1. The molecule has 3 nitrogen and oxygen atoms in total. The van der Waals surface area contributed by atoms with Crippen LogP contribution in [0.3, 0.4) is 0 Å². The van der Waals surface area contributed by atoms with Crippen LogP contribution in [-0.4, -0.2) is 24.6 Å². The van der Waals surface area contributed by atoms with Crippen LogP contribution in [0.15, 0.2) is 24.3 Å². The second-order valence-electron chi connectivity index (χ2n) is 4.23. The molecule has 1 aliphatic heterocycles. The number of benzene rings is 1. The molecule has 2 aromatic rings. The van der Waals surface area contributed by atoms with Crippen LogP contribution >= 0.6 is 11.3 Å². The number of hydrogen-bond donors (Lipinski definition) is 2. The molecule has 1 aromatic carbocycles. The molecule has 0 unspecified atom stereocenters. The topological polar surface area (TPSA) is 37.0 Å². The van der Waals surface area contributed by atoms with Crippen LogP contribution in [0, 0.1) is 5.92 Å². The van der Waals surface area contributed by atoms with E-state index in [1.54, 1.807) is 11.3 Å². The second-order valence-corrected chi connectivity index (χ2v) is 5.26. The minimum absolute atomic E-state index is 0.756. The van der Waals surface area contributed by atoms with E-state index in [0.29, 0.717) is 0 Å². The number of anilines is 1. The van der Waals surface area contributed by atoms with Crippen molar-refractivity contribution in [3.05, 3.63) is 24.3 Å². The molecule has 0 amide bonds. The van der Waals surface area contributed by atoms with Gasteiger partial charge in [0.2, 0.25) is 0 Å². The molecule has 84 valence electrons. The summed E-state index contributed by atoms with van der Waals surface area (Å²) in [6.45, 7) is 3.33. The van der Waals surface area contributed by atoms with Gasteiger partial charge in [-0.05, 0) is 37.6 Å². The lowest BCUT2D eigenvalue weighted by molar-refractivity contribution is 0.615. The molecule has 0 radical (unpaired) electrons. The van der Waals surface area contributed by atoms with Crippen molar-refractivity contribution in [1.82, 2.24) is 10.3 Å². The second kappa shape index (κ2) is 4.39. The maximum Gasteiger partial charge on any atom is 0.183 e. The van der Waals surface area contributed by atoms with Gasteiger partial charge in [-0.2, -0.15) is 0 Å². The van der Waals surface area contributed by atoms with Crippen LogP contribution in [-0.2, 0) is 0 Å². The van der Waals surface area contributed by atoms with Gasteiger partial charge in [0.05, 0.1) is 10.2 Å². The van der Waals surface area contributed by atoms with Gasteiger partial charge in [-0.25, -0.2) is 4.98 Å². The molecule has 1 aliphatic rings. The van der Waals surface area contributed by atoms with Crippen molar-refractivity contribution in [2.75, 3.05) is 25.0 Å². The zero-order valence-corrected chi connectivity index (χ0v) is 9.89. The molecule has 0 aliphatic carbocycles. The summed E-state index contributed by atoms with van der Waals surface area (Å²) in [5, 5.41) is 7.87. The van der Waals surface area contributed by atoms with Crippen LogP contribution in [0.4, 0.5) is 5.13 Å². The van der Waals surface area contributed by atoms with E-state index >= 15 is 0 Å². The van der Waals surface area contributed by atoms with Gasteiger partial charge in [-0.15, -0.1) is 0 Å². The molecule has 1 fully saturated rings. The molecule has 0 saturated carbocycles. The Labute approximate surface area is 98.9 Å². The predicted molar refractivity (Wildman–Crippen MR) is 69.1 cm³/mol. The zero-order valence-electron chi connectivity index (χ0n) is 9.07. The van der Waals surface area contributed by atoms with Gasteiger partial charge >= 0.3 is 0 Å². The van der Waals surface area contributed by atoms with Crippen molar-refractivity contribution in [2.24, 2.45) is 5.92 Å². The van der Waals surface area contributed by atoms with E-state index < -0.39 is 0 Å². The van der Waals surface area contributed by atoms with E-state index in [9.17, 15) is 0 Å². The first kappa shape index (κ1) is 10.1. The first-order valence-corrected chi connectivity index (χ1v) is 6.53. The van der Waals surface area contributed by atoms with Crippen LogP contribution in [0.25, 0.3) is 10.2 Å². The lowest BCUT2D eigenvalue weighted by atomic mass is 10.1. The van der Waals surface area contributed by atoms with Gasteiger partial charge in [0.15, 0.2) is 5.13 Å². The first-order chi connectivity index (χ1) is 7.92. The summed E-state index contributed by atoms with van der Waals surface area (Å²) in [5.41, 5.74) is 1.10. The quantitative estimate of drug-likeness (QED) is 0.854. The van der Waals surface area contributed by atoms with Gasteiger partial charge in [0, 0.05) is 6.54 Å². The molecule has 1 aromatic heterocycles. The normalized spacial score (nSPS) is 20.4. The van der Waals surface area contributed by atoms with Crippen molar-refractivity contribution in [3.63, 3.8) is 0 Å². The number of nitrogens with zero attached hydrogens (tertiary/aromatic N) is 1. The third-order valence-corrected chi connectivity index (χ3v) is 3.99. The average molecular weight is 233 g/mol. The standard InChI is InChI=1S/C12H15N3S/c1-2-4-11-10(3-1)15-12(16-11)14-8-9-5-6-13-7-9/h1-4,9,13H,5-8H2,(H,14,15)/t9-/m0/s1. The number of fused-ring (bicyclic) bond motifs is 1. The summed E-state index contributed by atoms with van der Waals surface area (Å²) in [5.74, 6) is 0.756. The average Bonchev–Trinajstić information content (AvgIpc) is 2.95. The highest BCUT2D eigenvalue weighted by Gasteiger charge is 2.14. The predicted octanol–water partition coefficient (Wildman–Crippen LogP) is 2.32. The number of para-hydroxylation sites is 1. The molecular weight excluding hydrogens is 218 g/mol. The SMILES string of the molecule is c1ccc2sc(NC[C@H]3CCNC3)nc2c1. The largest absolute Gasteiger partial charge is 0.361 e. The number of rotatable bonds is 3. The summed E-state index contributed by atoms with van der Waals surface area (Å²) < 4.78 is 1.26. The fourth-order valence-electron chi connectivity index (χ4n) is 2.07. The van der Waals surface area contributed by atoms with Gasteiger partial charge in [-0.3, -0.25) is 0 Å². The molecule has 1 atom stereocenters. The molecule has 4 heteroatoms. The minimum Gasteiger partial charge on any atom is -0.361 e. The van der Waals surface area contributed by atoms with E-state index in [1.165, 1.54) is 11.1 Å². The Morgan fingerprint density at radius 3 is 3.19 bits per heavy atom. The highest BCUT2D eigenvalue weighted by molar-refractivity contribution is 7.22. The Balaban J connectivity index is 1.69. The van der Waals surface area contributed by atoms with Crippen molar-refractivity contribution in [3.8, 4) is 0 Å². The number of aromatic nitrogens is 1. The summed E-state index contributed by atoms with van der Waals surface area (Å²) in [4.78, 5) is 4.56. The summed E-state index contributed by atoms with van der Waals surface area (Å²) in [6.07, 6.45) is 1.28. The maximum atomic E-state index is 4.56. The van der Waals surface area contributed by atoms with E-state index in [-0.39, 0.29) is 0 Å². The van der Waals surface area contributed by atoms with Crippen LogP contribution in [0.5, 0.6) is 0 Å². The van der Waals surface area contributed by atoms with Gasteiger partial charge in [0.25, 0.3) is 0 Å². The van der Waals surface area contributed by atoms with E-state index in [1.807, 2.05) is 6.07 Å². The van der Waals surface area contributed by atoms with Crippen molar-refractivity contribution < 1.29 is 0 Å². The highest BCUT2D eigenvalue weighted by Crippen LogP contribution is 2.25. The fourth-order valence-corrected chi connectivity index (χ4v) is 2.94. The molecule has 0 bridgehead atoms. The monoisotopic (exact) mass is 233 g/mol. The molecule has 1 saturated heterocycles. The van der Waals surface area contributed by atoms with Crippen LogP contribution in [0.1, 0.15) is 6.42 Å². The maximum absolute atomic E-state index is 4.56. The first-order valence-electron chi connectivity index (χ1n) is 5.72. The minimum atomic E-state index is 0.756. The van der Waals surface area contributed by atoms with Crippen molar-refractivity contribution >= 4 is 26.7 Å². The van der Waals surface area contributed by atoms with E-state index in [4.69, 9.17) is 0 Å². The van der Waals surface area contributed by atoms with Crippen molar-refractivity contribution in [1.29, 1.82) is 0 Å². The molecular formula is C12H15N3S. The van der Waals surface area contributed by atoms with Crippen LogP contribution < -0.4 is 10.6 Å². The van der Waals surface area contributed by atoms with E-state index in [0.717, 1.165) is 36.2 Å². The molecule has 2 N–H and O–H groups in total. The Morgan fingerprint density at radius 1 is 1.44 bits per heavy atom. The van der Waals surface area contributed by atoms with Gasteiger partial charge < -0.3 is 10.6 Å². The fraction of sp³-hybridized carbons (Fsp3) is 0.417. The van der Waals surface area contributed by atoms with E-state index in [2.05, 4.69) is 33.8 Å². The Bertz CT molecular complexity index is 441. The molecule has 0 spiro atoms. The zero-order chi connectivity index (χ0) is 10.8. The summed E-state index contributed by atoms with van der Waals surface area (Å²) >= 11 is 1.74. The number of hydrogen-bond acceptors (Lipinski definition) is 4. The molecule has 16 heavy (non-hydrogen) atoms. The number of thiazole rings is 1. The Kier molecular flexibility index (Phi) is 2.76. The Morgan fingerprint density at radius 2 is 2.38 bits per heavy atom.